The first kappa shape index (κ1) is 30.9. The van der Waals surface area contributed by atoms with Crippen LogP contribution < -0.4 is 14.8 Å². The maximum Gasteiger partial charge on any atom is 0.318 e. The van der Waals surface area contributed by atoms with Crippen molar-refractivity contribution < 1.29 is 33.7 Å². The molecule has 1 fully saturated rings. The van der Waals surface area contributed by atoms with Gasteiger partial charge in [-0.1, -0.05) is 30.3 Å². The predicted octanol–water partition coefficient (Wildman–Crippen LogP) is 5.79. The number of benzene rings is 2. The fourth-order valence-electron chi connectivity index (χ4n) is 5.10. The van der Waals surface area contributed by atoms with Crippen molar-refractivity contribution in [1.29, 1.82) is 0 Å². The number of ether oxygens (including phenoxy) is 3. The summed E-state index contributed by atoms with van der Waals surface area (Å²) >= 11 is 0. The summed E-state index contributed by atoms with van der Waals surface area (Å²) in [5.41, 5.74) is 1.32. The van der Waals surface area contributed by atoms with Gasteiger partial charge in [0.1, 0.15) is 17.1 Å². The third-order valence-corrected chi connectivity index (χ3v) is 7.46. The zero-order valence-electron chi connectivity index (χ0n) is 24.4. The van der Waals surface area contributed by atoms with E-state index in [2.05, 4.69) is 5.32 Å². The molecule has 9 heteroatoms. The molecule has 2 atom stereocenters. The minimum Gasteiger partial charge on any atom is -0.493 e. The van der Waals surface area contributed by atoms with Crippen molar-refractivity contribution in [3.63, 3.8) is 0 Å². The standard InChI is InChI=1S/C31H42N2O7/c1-7-38-26-16-24(17-27(39-8-2)28(26)21(4)34)20(3)33(14-15-40-22(5)23-12-10-9-11-13-23)30(37)32-25-18-31(6,19-25)29(35)36/h9-13,16-17,20,22,25H,7-8,14-15,18-19H2,1-6H3,(H,32,37)(H,35,36)/t20-,22+,25?,31?/m1/s1. The molecule has 218 valence electrons. The van der Waals surface area contributed by atoms with E-state index >= 15 is 0 Å². The SMILES string of the molecule is CCOc1cc([C@@H](C)N(CCO[C@@H](C)c2ccccc2)C(=O)NC2CC(C)(C(=O)O)C2)cc(OCC)c1C(C)=O. The maximum atomic E-state index is 13.6. The van der Waals surface area contributed by atoms with E-state index in [-0.39, 0.29) is 37.1 Å². The number of nitrogens with one attached hydrogen (secondary N) is 1. The van der Waals surface area contributed by atoms with Gasteiger partial charge in [0.2, 0.25) is 0 Å². The highest BCUT2D eigenvalue weighted by molar-refractivity contribution is 5.99. The van der Waals surface area contributed by atoms with E-state index in [0.29, 0.717) is 43.1 Å². The Kier molecular flexibility index (Phi) is 10.6. The van der Waals surface area contributed by atoms with E-state index in [4.69, 9.17) is 14.2 Å². The number of carboxylic acid groups (broad SMARTS) is 1. The van der Waals surface area contributed by atoms with Crippen molar-refractivity contribution >= 4 is 17.8 Å². The Hall–Kier alpha value is -3.59. The summed E-state index contributed by atoms with van der Waals surface area (Å²) < 4.78 is 17.7. The molecule has 0 bridgehead atoms. The molecule has 0 unspecified atom stereocenters. The normalized spacial score (nSPS) is 19.6. The molecule has 0 heterocycles. The predicted molar refractivity (Wildman–Crippen MR) is 152 cm³/mol. The molecule has 0 radical (unpaired) electrons. The molecule has 0 aliphatic heterocycles. The van der Waals surface area contributed by atoms with Crippen molar-refractivity contribution in [2.24, 2.45) is 5.41 Å². The molecule has 9 nitrogen and oxygen atoms in total. The molecule has 0 saturated heterocycles. The van der Waals surface area contributed by atoms with Crippen LogP contribution in [0.3, 0.4) is 0 Å². The monoisotopic (exact) mass is 554 g/mol. The van der Waals surface area contributed by atoms with Gasteiger partial charge in [0.15, 0.2) is 5.78 Å². The van der Waals surface area contributed by atoms with Gasteiger partial charge in [-0.3, -0.25) is 9.59 Å². The number of Topliss-reactive ketones (excluding diaryl/α,β-unsaturated/α-hetero) is 1. The number of hydrogen-bond acceptors (Lipinski definition) is 6. The smallest absolute Gasteiger partial charge is 0.318 e. The molecule has 40 heavy (non-hydrogen) atoms. The fraction of sp³-hybridized carbons (Fsp3) is 0.516. The number of nitrogens with zero attached hydrogens (tertiary/aromatic N) is 1. The van der Waals surface area contributed by atoms with Gasteiger partial charge in [-0.25, -0.2) is 4.79 Å². The molecular weight excluding hydrogens is 512 g/mol. The molecule has 2 amide bonds. The molecule has 2 aromatic carbocycles. The lowest BCUT2D eigenvalue weighted by molar-refractivity contribution is -0.154. The molecule has 1 aliphatic rings. The molecule has 1 aliphatic carbocycles. The molecule has 0 aromatic heterocycles. The first-order chi connectivity index (χ1) is 19.0. The average Bonchev–Trinajstić information content (AvgIpc) is 2.90. The molecule has 1 saturated carbocycles. The van der Waals surface area contributed by atoms with Crippen LogP contribution in [-0.4, -0.2) is 60.2 Å². The van der Waals surface area contributed by atoms with E-state index < -0.39 is 17.4 Å². The number of carbonyl (C=O) groups is 3. The summed E-state index contributed by atoms with van der Waals surface area (Å²) in [5.74, 6) is -0.207. The van der Waals surface area contributed by atoms with Crippen molar-refractivity contribution in [3.05, 3.63) is 59.2 Å². The minimum absolute atomic E-state index is 0.159. The number of hydrogen-bond donors (Lipinski definition) is 2. The highest BCUT2D eigenvalue weighted by atomic mass is 16.5. The summed E-state index contributed by atoms with van der Waals surface area (Å²) in [6.07, 6.45) is 0.579. The summed E-state index contributed by atoms with van der Waals surface area (Å²) in [4.78, 5) is 39.2. The number of urea groups is 1. The molecular formula is C31H42N2O7. The lowest BCUT2D eigenvalue weighted by Crippen LogP contribution is -2.56. The van der Waals surface area contributed by atoms with E-state index in [1.807, 2.05) is 58.0 Å². The maximum absolute atomic E-state index is 13.6. The summed E-state index contributed by atoms with van der Waals surface area (Å²) in [6, 6.07) is 12.4. The zero-order valence-corrected chi connectivity index (χ0v) is 24.4. The quantitative estimate of drug-likeness (QED) is 0.284. The summed E-state index contributed by atoms with van der Waals surface area (Å²) in [7, 11) is 0. The first-order valence-corrected chi connectivity index (χ1v) is 13.9. The van der Waals surface area contributed by atoms with Crippen LogP contribution in [-0.2, 0) is 9.53 Å². The van der Waals surface area contributed by atoms with Gasteiger partial charge in [-0.05, 0) is 77.6 Å². The summed E-state index contributed by atoms with van der Waals surface area (Å²) in [6.45, 7) is 12.0. The second-order valence-corrected chi connectivity index (χ2v) is 10.5. The Morgan fingerprint density at radius 3 is 2.10 bits per heavy atom. The molecule has 2 N–H and O–H groups in total. The fourth-order valence-corrected chi connectivity index (χ4v) is 5.10. The number of rotatable bonds is 14. The third-order valence-electron chi connectivity index (χ3n) is 7.46. The van der Waals surface area contributed by atoms with Crippen LogP contribution in [0.15, 0.2) is 42.5 Å². The van der Waals surface area contributed by atoms with Crippen LogP contribution in [0.4, 0.5) is 4.79 Å². The number of carboxylic acids is 1. The number of aliphatic carboxylic acids is 1. The number of carbonyl (C=O) groups excluding carboxylic acids is 2. The van der Waals surface area contributed by atoms with Gasteiger partial charge in [0.05, 0.1) is 37.4 Å². The third kappa shape index (κ3) is 7.33. The Labute approximate surface area is 236 Å². The first-order valence-electron chi connectivity index (χ1n) is 13.9. The number of ketones is 1. The van der Waals surface area contributed by atoms with Crippen LogP contribution in [0.1, 0.15) is 88.0 Å². The van der Waals surface area contributed by atoms with Crippen LogP contribution in [0.2, 0.25) is 0 Å². The Morgan fingerprint density at radius 1 is 1.02 bits per heavy atom. The van der Waals surface area contributed by atoms with Crippen molar-refractivity contribution in [3.8, 4) is 11.5 Å². The van der Waals surface area contributed by atoms with E-state index in [9.17, 15) is 19.5 Å². The van der Waals surface area contributed by atoms with Gasteiger partial charge in [-0.15, -0.1) is 0 Å². The Morgan fingerprint density at radius 2 is 1.60 bits per heavy atom. The van der Waals surface area contributed by atoms with Crippen LogP contribution in [0.25, 0.3) is 0 Å². The van der Waals surface area contributed by atoms with Gasteiger partial charge in [0, 0.05) is 12.6 Å². The van der Waals surface area contributed by atoms with Gasteiger partial charge in [0.25, 0.3) is 0 Å². The molecule has 0 spiro atoms. The van der Waals surface area contributed by atoms with Gasteiger partial charge < -0.3 is 29.5 Å². The lowest BCUT2D eigenvalue weighted by atomic mass is 9.67. The zero-order chi connectivity index (χ0) is 29.4. The molecule has 3 rings (SSSR count). The van der Waals surface area contributed by atoms with Crippen molar-refractivity contribution in [1.82, 2.24) is 10.2 Å². The van der Waals surface area contributed by atoms with Gasteiger partial charge >= 0.3 is 12.0 Å². The molecule has 2 aromatic rings. The van der Waals surface area contributed by atoms with Crippen LogP contribution in [0, 0.1) is 5.41 Å². The average molecular weight is 555 g/mol. The highest BCUT2D eigenvalue weighted by Crippen LogP contribution is 2.41. The van der Waals surface area contributed by atoms with E-state index in [1.165, 1.54) is 6.92 Å². The van der Waals surface area contributed by atoms with Gasteiger partial charge in [-0.2, -0.15) is 0 Å². The van der Waals surface area contributed by atoms with Crippen LogP contribution >= 0.6 is 0 Å². The second kappa shape index (κ2) is 13.7. The lowest BCUT2D eigenvalue weighted by Gasteiger charge is -2.43. The summed E-state index contributed by atoms with van der Waals surface area (Å²) in [5, 5.41) is 12.5. The number of amides is 2. The van der Waals surface area contributed by atoms with E-state index in [1.54, 1.807) is 24.0 Å². The minimum atomic E-state index is -0.857. The van der Waals surface area contributed by atoms with Crippen LogP contribution in [0.5, 0.6) is 11.5 Å². The highest BCUT2D eigenvalue weighted by Gasteiger charge is 2.47. The Bertz CT molecular complexity index is 1150. The van der Waals surface area contributed by atoms with E-state index in [0.717, 1.165) is 11.1 Å². The largest absolute Gasteiger partial charge is 0.493 e. The second-order valence-electron chi connectivity index (χ2n) is 10.5. The van der Waals surface area contributed by atoms with Crippen molar-refractivity contribution in [2.45, 2.75) is 72.6 Å². The van der Waals surface area contributed by atoms with Crippen molar-refractivity contribution in [2.75, 3.05) is 26.4 Å². The Balaban J connectivity index is 1.85. The topological polar surface area (TPSA) is 114 Å².